The fourth-order valence-electron chi connectivity index (χ4n) is 1.06. The molecule has 1 unspecified atom stereocenters. The second-order valence-corrected chi connectivity index (χ2v) is 3.23. The first-order valence-electron chi connectivity index (χ1n) is 4.04. The Bertz CT molecular complexity index is 170. The first-order chi connectivity index (χ1) is 5.94. The molecule has 0 aliphatic rings. The van der Waals surface area contributed by atoms with Gasteiger partial charge < -0.3 is 19.8 Å². The van der Waals surface area contributed by atoms with Crippen LogP contribution in [0.15, 0.2) is 0 Å². The molecule has 0 radical (unpaired) electrons. The van der Waals surface area contributed by atoms with Crippen molar-refractivity contribution < 1.29 is 19.7 Å². The Hall–Kier alpha value is -0.650. The summed E-state index contributed by atoms with van der Waals surface area (Å²) in [4.78, 5) is 12.7. The molecule has 1 atom stereocenters. The number of ether oxygens (including phenoxy) is 1. The Labute approximate surface area is 77.9 Å². The lowest BCUT2D eigenvalue weighted by Gasteiger charge is -2.25. The van der Waals surface area contributed by atoms with Gasteiger partial charge in [0, 0.05) is 13.1 Å². The van der Waals surface area contributed by atoms with Crippen LogP contribution in [-0.4, -0.2) is 60.5 Å². The van der Waals surface area contributed by atoms with E-state index in [9.17, 15) is 9.90 Å². The molecule has 5 nitrogen and oxygen atoms in total. The number of hydrogen-bond acceptors (Lipinski definition) is 5. The molecule has 0 spiro atoms. The van der Waals surface area contributed by atoms with Gasteiger partial charge in [-0.15, -0.1) is 0 Å². The van der Waals surface area contributed by atoms with Crippen molar-refractivity contribution in [2.75, 3.05) is 33.9 Å². The van der Waals surface area contributed by atoms with Gasteiger partial charge in [0.05, 0.1) is 13.7 Å². The maximum absolute atomic E-state index is 11.0. The molecule has 0 heterocycles. The molecule has 0 aliphatic carbocycles. The summed E-state index contributed by atoms with van der Waals surface area (Å²) in [5.74, 6) is -0.669. The van der Waals surface area contributed by atoms with E-state index in [1.807, 2.05) is 0 Å². The Balaban J connectivity index is 4.07. The number of aliphatic hydroxyl groups excluding tert-OH is 1. The molecule has 0 aliphatic heterocycles. The van der Waals surface area contributed by atoms with Crippen molar-refractivity contribution >= 4 is 5.97 Å². The van der Waals surface area contributed by atoms with Crippen molar-refractivity contribution in [3.63, 3.8) is 0 Å². The van der Waals surface area contributed by atoms with Crippen molar-refractivity contribution in [3.05, 3.63) is 0 Å². The molecule has 0 amide bonds. The Morgan fingerprint density at radius 3 is 2.54 bits per heavy atom. The number of carbonyl (C=O) groups is 1. The van der Waals surface area contributed by atoms with E-state index < -0.39 is 11.6 Å². The smallest absolute Gasteiger partial charge is 0.338 e. The second-order valence-electron chi connectivity index (χ2n) is 3.23. The zero-order valence-corrected chi connectivity index (χ0v) is 8.28. The van der Waals surface area contributed by atoms with Gasteiger partial charge in [-0.25, -0.2) is 4.79 Å². The zero-order chi connectivity index (χ0) is 10.5. The van der Waals surface area contributed by atoms with Gasteiger partial charge in [-0.05, 0) is 14.0 Å². The molecule has 5 heteroatoms. The molecule has 0 rings (SSSR count). The van der Waals surface area contributed by atoms with Crippen LogP contribution in [0.25, 0.3) is 0 Å². The van der Waals surface area contributed by atoms with E-state index in [-0.39, 0.29) is 13.2 Å². The Morgan fingerprint density at radius 2 is 2.15 bits per heavy atom. The molecule has 2 N–H and O–H groups in total. The Morgan fingerprint density at radius 1 is 1.62 bits per heavy atom. The fourth-order valence-corrected chi connectivity index (χ4v) is 1.06. The van der Waals surface area contributed by atoms with E-state index in [1.54, 1.807) is 11.9 Å². The first kappa shape index (κ1) is 12.3. The SMILES string of the molecule is COC(=O)C(C)(O)CN(C)CCO. The Kier molecular flexibility index (Phi) is 4.90. The van der Waals surface area contributed by atoms with Crippen LogP contribution in [0.1, 0.15) is 6.92 Å². The number of likely N-dealkylation sites (N-methyl/N-ethyl adjacent to an activating group) is 1. The summed E-state index contributed by atoms with van der Waals surface area (Å²) >= 11 is 0. The molecule has 78 valence electrons. The summed E-state index contributed by atoms with van der Waals surface area (Å²) in [7, 11) is 2.93. The van der Waals surface area contributed by atoms with Gasteiger partial charge in [0.15, 0.2) is 5.60 Å². The van der Waals surface area contributed by atoms with E-state index in [0.29, 0.717) is 6.54 Å². The van der Waals surface area contributed by atoms with Crippen LogP contribution >= 0.6 is 0 Å². The van der Waals surface area contributed by atoms with Crippen molar-refractivity contribution in [3.8, 4) is 0 Å². The monoisotopic (exact) mass is 191 g/mol. The molecular weight excluding hydrogens is 174 g/mol. The van der Waals surface area contributed by atoms with Crippen molar-refractivity contribution in [2.45, 2.75) is 12.5 Å². The summed E-state index contributed by atoms with van der Waals surface area (Å²) in [6, 6.07) is 0. The molecule has 0 saturated carbocycles. The quantitative estimate of drug-likeness (QED) is 0.536. The highest BCUT2D eigenvalue weighted by atomic mass is 16.5. The molecule has 0 aromatic heterocycles. The van der Waals surface area contributed by atoms with E-state index in [2.05, 4.69) is 4.74 Å². The fraction of sp³-hybridized carbons (Fsp3) is 0.875. The summed E-state index contributed by atoms with van der Waals surface area (Å²) in [5, 5.41) is 18.2. The second kappa shape index (κ2) is 5.16. The van der Waals surface area contributed by atoms with Crippen LogP contribution in [-0.2, 0) is 9.53 Å². The highest BCUT2D eigenvalue weighted by molar-refractivity contribution is 5.78. The van der Waals surface area contributed by atoms with E-state index in [0.717, 1.165) is 0 Å². The zero-order valence-electron chi connectivity index (χ0n) is 8.28. The van der Waals surface area contributed by atoms with Crippen LogP contribution in [0.3, 0.4) is 0 Å². The molecule has 0 aromatic rings. The summed E-state index contributed by atoms with van der Waals surface area (Å²) in [5.41, 5.74) is -1.52. The van der Waals surface area contributed by atoms with Crippen LogP contribution in [0.4, 0.5) is 0 Å². The predicted octanol–water partition coefficient (Wildman–Crippen LogP) is -1.17. The highest BCUT2D eigenvalue weighted by Gasteiger charge is 2.32. The van der Waals surface area contributed by atoms with Crippen LogP contribution in [0.2, 0.25) is 0 Å². The number of nitrogens with zero attached hydrogens (tertiary/aromatic N) is 1. The number of methoxy groups -OCH3 is 1. The lowest BCUT2D eigenvalue weighted by atomic mass is 10.1. The van der Waals surface area contributed by atoms with Gasteiger partial charge in [0.1, 0.15) is 0 Å². The minimum Gasteiger partial charge on any atom is -0.467 e. The molecule has 13 heavy (non-hydrogen) atoms. The van der Waals surface area contributed by atoms with Gasteiger partial charge in [0.25, 0.3) is 0 Å². The van der Waals surface area contributed by atoms with Gasteiger partial charge in [0.2, 0.25) is 0 Å². The number of esters is 1. The predicted molar refractivity (Wildman–Crippen MR) is 47.2 cm³/mol. The van der Waals surface area contributed by atoms with Crippen LogP contribution in [0, 0.1) is 0 Å². The number of carbonyl (C=O) groups excluding carboxylic acids is 1. The summed E-state index contributed by atoms with van der Waals surface area (Å²) in [6.45, 7) is 1.92. The molecule has 0 bridgehead atoms. The average Bonchev–Trinajstić information content (AvgIpc) is 2.02. The van der Waals surface area contributed by atoms with Crippen LogP contribution < -0.4 is 0 Å². The van der Waals surface area contributed by atoms with Crippen molar-refractivity contribution in [1.82, 2.24) is 4.90 Å². The minimum absolute atomic E-state index is 0.00620. The average molecular weight is 191 g/mol. The minimum atomic E-state index is -1.52. The third-order valence-electron chi connectivity index (χ3n) is 1.68. The number of hydrogen-bond donors (Lipinski definition) is 2. The third kappa shape index (κ3) is 4.21. The van der Waals surface area contributed by atoms with Gasteiger partial charge in [-0.1, -0.05) is 0 Å². The van der Waals surface area contributed by atoms with Gasteiger partial charge in [-0.3, -0.25) is 0 Å². The molecule has 0 fully saturated rings. The maximum atomic E-state index is 11.0. The van der Waals surface area contributed by atoms with E-state index >= 15 is 0 Å². The summed E-state index contributed by atoms with van der Waals surface area (Å²) in [6.07, 6.45) is 0. The maximum Gasteiger partial charge on any atom is 0.338 e. The molecular formula is C8H17NO4. The van der Waals surface area contributed by atoms with Gasteiger partial charge >= 0.3 is 5.97 Å². The van der Waals surface area contributed by atoms with E-state index in [1.165, 1.54) is 14.0 Å². The topological polar surface area (TPSA) is 70.0 Å². The first-order valence-corrected chi connectivity index (χ1v) is 4.04. The normalized spacial score (nSPS) is 15.5. The highest BCUT2D eigenvalue weighted by Crippen LogP contribution is 2.06. The molecule has 0 saturated heterocycles. The standard InChI is InChI=1S/C8H17NO4/c1-8(12,7(11)13-3)6-9(2)4-5-10/h10,12H,4-6H2,1-3H3. The van der Waals surface area contributed by atoms with Crippen molar-refractivity contribution in [1.29, 1.82) is 0 Å². The summed E-state index contributed by atoms with van der Waals surface area (Å²) < 4.78 is 4.42. The largest absolute Gasteiger partial charge is 0.467 e. The molecule has 0 aromatic carbocycles. The van der Waals surface area contributed by atoms with Gasteiger partial charge in [-0.2, -0.15) is 0 Å². The number of rotatable bonds is 5. The number of aliphatic hydroxyl groups is 2. The third-order valence-corrected chi connectivity index (χ3v) is 1.68. The van der Waals surface area contributed by atoms with Crippen molar-refractivity contribution in [2.24, 2.45) is 0 Å². The van der Waals surface area contributed by atoms with Crippen LogP contribution in [0.5, 0.6) is 0 Å². The lowest BCUT2D eigenvalue weighted by molar-refractivity contribution is -0.162. The van der Waals surface area contributed by atoms with E-state index in [4.69, 9.17) is 5.11 Å². The lowest BCUT2D eigenvalue weighted by Crippen LogP contribution is -2.46.